The van der Waals surface area contributed by atoms with E-state index in [1.54, 1.807) is 6.07 Å². The number of rotatable bonds is 3. The molecule has 0 unspecified atom stereocenters. The Morgan fingerprint density at radius 1 is 0.429 bits per heavy atom. The molecule has 0 N–H and O–H groups in total. The molecule has 2 aliphatic carbocycles. The largest absolute Gasteiger partial charge is 0.298 e. The zero-order valence-corrected chi connectivity index (χ0v) is 18.9. The Balaban J connectivity index is 1.55. The molecule has 0 amide bonds. The third-order valence-corrected chi connectivity index (χ3v) is 7.58. The molecule has 0 aliphatic heterocycles. The third-order valence-electron chi connectivity index (χ3n) is 7.58. The number of carbonyl (C=O) groups excluding carboxylic acids is 2. The zero-order chi connectivity index (χ0) is 23.6. The van der Waals surface area contributed by atoms with E-state index in [1.165, 1.54) is 44.5 Å². The smallest absolute Gasteiger partial charge is 0.150 e. The summed E-state index contributed by atoms with van der Waals surface area (Å²) in [6.45, 7) is 0. The molecule has 5 aromatic rings. The molecular formula is C33H20O2. The predicted octanol–water partition coefficient (Wildman–Crippen LogP) is 7.32. The van der Waals surface area contributed by atoms with Crippen LogP contribution in [-0.4, -0.2) is 12.6 Å². The molecule has 1 spiro atoms. The lowest BCUT2D eigenvalue weighted by Crippen LogP contribution is -2.25. The van der Waals surface area contributed by atoms with Crippen molar-refractivity contribution in [2.75, 3.05) is 0 Å². The molecular weight excluding hydrogens is 428 g/mol. The second kappa shape index (κ2) is 7.22. The molecule has 2 nitrogen and oxygen atoms in total. The number of benzene rings is 5. The van der Waals surface area contributed by atoms with E-state index >= 15 is 0 Å². The van der Waals surface area contributed by atoms with Crippen molar-refractivity contribution >= 4 is 12.6 Å². The topological polar surface area (TPSA) is 34.1 Å². The van der Waals surface area contributed by atoms with E-state index in [2.05, 4.69) is 91.0 Å². The number of carbonyl (C=O) groups is 2. The van der Waals surface area contributed by atoms with Crippen LogP contribution in [0.15, 0.2) is 109 Å². The Kier molecular flexibility index (Phi) is 4.10. The predicted molar refractivity (Wildman–Crippen MR) is 139 cm³/mol. The first-order valence-electron chi connectivity index (χ1n) is 11.8. The molecule has 2 heteroatoms. The summed E-state index contributed by atoms with van der Waals surface area (Å²) in [5.41, 5.74) is 12.6. The summed E-state index contributed by atoms with van der Waals surface area (Å²) < 4.78 is 0. The first-order chi connectivity index (χ1) is 17.3. The molecule has 0 saturated carbocycles. The molecule has 7 rings (SSSR count). The second-order valence-corrected chi connectivity index (χ2v) is 9.27. The van der Waals surface area contributed by atoms with Crippen molar-refractivity contribution in [3.8, 4) is 33.4 Å². The van der Waals surface area contributed by atoms with Crippen LogP contribution in [0, 0.1) is 0 Å². The van der Waals surface area contributed by atoms with E-state index in [1.807, 2.05) is 12.1 Å². The Morgan fingerprint density at radius 3 is 1.40 bits per heavy atom. The van der Waals surface area contributed by atoms with Gasteiger partial charge in [0.2, 0.25) is 0 Å². The summed E-state index contributed by atoms with van der Waals surface area (Å²) >= 11 is 0. The fourth-order valence-corrected chi connectivity index (χ4v) is 6.26. The number of aldehydes is 2. The zero-order valence-electron chi connectivity index (χ0n) is 18.9. The SMILES string of the molecule is O=Cc1cc(C=O)cc(-c2ccc3c(c2)-c2ccccc2C32c3ccccc3-c3ccccc32)c1. The molecule has 0 heterocycles. The maximum Gasteiger partial charge on any atom is 0.150 e. The van der Waals surface area contributed by atoms with Gasteiger partial charge in [0.1, 0.15) is 12.6 Å². The normalized spacial score (nSPS) is 13.6. The van der Waals surface area contributed by atoms with Gasteiger partial charge in [-0.15, -0.1) is 0 Å². The molecule has 0 radical (unpaired) electrons. The number of fused-ring (bicyclic) bond motifs is 10. The van der Waals surface area contributed by atoms with E-state index in [0.717, 1.165) is 23.7 Å². The fourth-order valence-electron chi connectivity index (χ4n) is 6.26. The van der Waals surface area contributed by atoms with Crippen LogP contribution in [0.5, 0.6) is 0 Å². The molecule has 0 atom stereocenters. The quantitative estimate of drug-likeness (QED) is 0.265. The van der Waals surface area contributed by atoms with Crippen LogP contribution in [0.25, 0.3) is 33.4 Å². The van der Waals surface area contributed by atoms with E-state index < -0.39 is 0 Å². The van der Waals surface area contributed by atoms with Crippen molar-refractivity contribution in [2.45, 2.75) is 5.41 Å². The maximum absolute atomic E-state index is 11.5. The highest BCUT2D eigenvalue weighted by atomic mass is 16.1. The Bertz CT molecular complexity index is 1620. The summed E-state index contributed by atoms with van der Waals surface area (Å²) in [5, 5.41) is 0. The van der Waals surface area contributed by atoms with E-state index in [4.69, 9.17) is 0 Å². The molecule has 35 heavy (non-hydrogen) atoms. The molecule has 0 bridgehead atoms. The van der Waals surface area contributed by atoms with Gasteiger partial charge < -0.3 is 0 Å². The van der Waals surface area contributed by atoms with Gasteiger partial charge in [-0.1, -0.05) is 84.9 Å². The first kappa shape index (κ1) is 19.9. The summed E-state index contributed by atoms with van der Waals surface area (Å²) in [5.74, 6) is 0. The standard InChI is InChI=1S/C33H20O2/c34-19-21-15-22(20-35)17-24(16-21)23-13-14-32-28(18-23)27-9-3-6-12-31(27)33(32)29-10-4-1-7-25(29)26-8-2-5-11-30(26)33/h1-20H. The summed E-state index contributed by atoms with van der Waals surface area (Å²) in [6, 6.07) is 38.0. The summed E-state index contributed by atoms with van der Waals surface area (Å²) in [7, 11) is 0. The van der Waals surface area contributed by atoms with Gasteiger partial charge in [0.05, 0.1) is 5.41 Å². The highest BCUT2D eigenvalue weighted by Crippen LogP contribution is 2.62. The molecule has 5 aromatic carbocycles. The van der Waals surface area contributed by atoms with E-state index in [9.17, 15) is 9.59 Å². The Labute approximate surface area is 203 Å². The first-order valence-corrected chi connectivity index (χ1v) is 11.8. The lowest BCUT2D eigenvalue weighted by molar-refractivity contribution is 0.112. The minimum Gasteiger partial charge on any atom is -0.298 e. The molecule has 164 valence electrons. The molecule has 0 fully saturated rings. The fraction of sp³-hybridized carbons (Fsp3) is 0.0303. The van der Waals surface area contributed by atoms with Crippen LogP contribution < -0.4 is 0 Å². The van der Waals surface area contributed by atoms with Gasteiger partial charge in [0.25, 0.3) is 0 Å². The summed E-state index contributed by atoms with van der Waals surface area (Å²) in [4.78, 5) is 23.0. The van der Waals surface area contributed by atoms with Gasteiger partial charge in [-0.05, 0) is 79.9 Å². The second-order valence-electron chi connectivity index (χ2n) is 9.27. The molecule has 2 aliphatic rings. The van der Waals surface area contributed by atoms with Crippen molar-refractivity contribution in [1.82, 2.24) is 0 Å². The Hall–Kier alpha value is -4.56. The van der Waals surface area contributed by atoms with Gasteiger partial charge in [-0.25, -0.2) is 0 Å². The highest BCUT2D eigenvalue weighted by Gasteiger charge is 2.51. The van der Waals surface area contributed by atoms with Crippen molar-refractivity contribution in [1.29, 1.82) is 0 Å². The van der Waals surface area contributed by atoms with Crippen LogP contribution in [0.1, 0.15) is 43.0 Å². The van der Waals surface area contributed by atoms with Gasteiger partial charge in [-0.2, -0.15) is 0 Å². The van der Waals surface area contributed by atoms with Gasteiger partial charge in [0, 0.05) is 11.1 Å². The maximum atomic E-state index is 11.5. The average Bonchev–Trinajstić information content (AvgIpc) is 3.40. The monoisotopic (exact) mass is 448 g/mol. The van der Waals surface area contributed by atoms with Crippen LogP contribution in [-0.2, 0) is 5.41 Å². The van der Waals surface area contributed by atoms with Crippen LogP contribution in [0.3, 0.4) is 0 Å². The van der Waals surface area contributed by atoms with Crippen molar-refractivity contribution < 1.29 is 9.59 Å². The van der Waals surface area contributed by atoms with Gasteiger partial charge >= 0.3 is 0 Å². The van der Waals surface area contributed by atoms with E-state index in [0.29, 0.717) is 11.1 Å². The van der Waals surface area contributed by atoms with Crippen molar-refractivity contribution in [3.05, 3.63) is 143 Å². The average molecular weight is 449 g/mol. The molecule has 0 saturated heterocycles. The van der Waals surface area contributed by atoms with Crippen LogP contribution in [0.2, 0.25) is 0 Å². The van der Waals surface area contributed by atoms with Gasteiger partial charge in [0.15, 0.2) is 0 Å². The minimum atomic E-state index is -0.365. The van der Waals surface area contributed by atoms with Crippen LogP contribution >= 0.6 is 0 Å². The van der Waals surface area contributed by atoms with Gasteiger partial charge in [-0.3, -0.25) is 9.59 Å². The summed E-state index contributed by atoms with van der Waals surface area (Å²) in [6.07, 6.45) is 1.58. The minimum absolute atomic E-state index is 0.365. The van der Waals surface area contributed by atoms with Crippen LogP contribution in [0.4, 0.5) is 0 Å². The lowest BCUT2D eigenvalue weighted by atomic mass is 9.70. The van der Waals surface area contributed by atoms with Crippen molar-refractivity contribution in [3.63, 3.8) is 0 Å². The third kappa shape index (κ3) is 2.54. The van der Waals surface area contributed by atoms with E-state index in [-0.39, 0.29) is 5.41 Å². The Morgan fingerprint density at radius 2 is 0.886 bits per heavy atom. The van der Waals surface area contributed by atoms with Crippen molar-refractivity contribution in [2.24, 2.45) is 0 Å². The number of hydrogen-bond donors (Lipinski definition) is 0. The lowest BCUT2D eigenvalue weighted by Gasteiger charge is -2.30. The highest BCUT2D eigenvalue weighted by molar-refractivity contribution is 5.96. The number of hydrogen-bond acceptors (Lipinski definition) is 2. The molecule has 0 aromatic heterocycles.